The van der Waals surface area contributed by atoms with Crippen LogP contribution in [0.25, 0.3) is 10.9 Å². The molecule has 2 aromatic heterocycles. The van der Waals surface area contributed by atoms with E-state index in [2.05, 4.69) is 9.97 Å². The number of nitrogens with zero attached hydrogens (tertiary/aromatic N) is 2. The first-order valence-electron chi connectivity index (χ1n) is 9.38. The first-order chi connectivity index (χ1) is 14.1. The number of hydrogen-bond acceptors (Lipinski definition) is 4. The minimum absolute atomic E-state index is 0.273. The molecule has 6 heteroatoms. The maximum atomic E-state index is 11.9. The number of aromatic carboxylic acids is 1. The van der Waals surface area contributed by atoms with Gasteiger partial charge in [0, 0.05) is 23.7 Å². The molecule has 146 valence electrons. The number of carboxylic acids is 1. The molecule has 2 N–H and O–H groups in total. The van der Waals surface area contributed by atoms with Gasteiger partial charge in [-0.15, -0.1) is 0 Å². The van der Waals surface area contributed by atoms with Crippen molar-refractivity contribution in [2.45, 2.75) is 26.1 Å². The molecule has 0 aliphatic heterocycles. The summed E-state index contributed by atoms with van der Waals surface area (Å²) in [5.41, 5.74) is 4.12. The van der Waals surface area contributed by atoms with Crippen LogP contribution in [0.3, 0.4) is 0 Å². The number of carbonyl (C=O) groups is 1. The monoisotopic (exact) mass is 387 g/mol. The number of para-hydroxylation sites is 1. The molecule has 4 aromatic rings. The Bertz CT molecular complexity index is 1140. The zero-order valence-electron chi connectivity index (χ0n) is 16.0. The number of ether oxygens (including phenoxy) is 1. The summed E-state index contributed by atoms with van der Waals surface area (Å²) in [4.78, 5) is 23.7. The summed E-state index contributed by atoms with van der Waals surface area (Å²) in [5.74, 6) is -0.960. The summed E-state index contributed by atoms with van der Waals surface area (Å²) in [6.07, 6.45) is 3.35. The minimum Gasteiger partial charge on any atom is -0.478 e. The van der Waals surface area contributed by atoms with E-state index in [1.165, 1.54) is 0 Å². The number of imidazole rings is 1. The van der Waals surface area contributed by atoms with E-state index in [0.717, 1.165) is 22.3 Å². The van der Waals surface area contributed by atoms with Crippen LogP contribution >= 0.6 is 0 Å². The molecule has 0 saturated carbocycles. The van der Waals surface area contributed by atoms with Crippen molar-refractivity contribution >= 4 is 16.9 Å². The Kier molecular flexibility index (Phi) is 5.35. The topological polar surface area (TPSA) is 88.1 Å². The van der Waals surface area contributed by atoms with Crippen molar-refractivity contribution in [3.05, 3.63) is 95.2 Å². The Balaban J connectivity index is 1.69. The highest BCUT2D eigenvalue weighted by atomic mass is 16.5. The fourth-order valence-corrected chi connectivity index (χ4v) is 3.48. The summed E-state index contributed by atoms with van der Waals surface area (Å²) < 4.78 is 6.15. The van der Waals surface area contributed by atoms with Gasteiger partial charge >= 0.3 is 5.97 Å². The molecular weight excluding hydrogens is 366 g/mol. The molecule has 29 heavy (non-hydrogen) atoms. The van der Waals surface area contributed by atoms with Gasteiger partial charge in [-0.05, 0) is 30.2 Å². The predicted octanol–water partition coefficient (Wildman–Crippen LogP) is 4.47. The van der Waals surface area contributed by atoms with Gasteiger partial charge in [-0.1, -0.05) is 42.5 Å². The molecule has 0 amide bonds. The molecule has 6 nitrogen and oxygen atoms in total. The van der Waals surface area contributed by atoms with Crippen molar-refractivity contribution in [2.24, 2.45) is 0 Å². The van der Waals surface area contributed by atoms with Crippen molar-refractivity contribution in [3.8, 4) is 0 Å². The number of aromatic nitrogens is 3. The largest absolute Gasteiger partial charge is 0.478 e. The standard InChI is InChI=1S/C23H21N3O3/c1-15-5-4-7-19(22(15)23(27)28)21(29-13-18-12-24-14-25-18)11-17-10-9-16-6-2-3-8-20(16)26-17/h2-10,12,14,21H,11,13H2,1H3,(H,24,25)(H,27,28). The second kappa shape index (κ2) is 8.24. The van der Waals surface area contributed by atoms with Gasteiger partial charge in [0.1, 0.15) is 0 Å². The maximum absolute atomic E-state index is 11.9. The van der Waals surface area contributed by atoms with Gasteiger partial charge < -0.3 is 14.8 Å². The van der Waals surface area contributed by atoms with Crippen LogP contribution in [0.15, 0.2) is 67.1 Å². The number of pyridine rings is 1. The lowest BCUT2D eigenvalue weighted by molar-refractivity contribution is 0.0358. The third-order valence-electron chi connectivity index (χ3n) is 4.90. The van der Waals surface area contributed by atoms with E-state index < -0.39 is 12.1 Å². The normalized spacial score (nSPS) is 12.2. The minimum atomic E-state index is -0.960. The molecule has 0 bridgehead atoms. The summed E-state index contributed by atoms with van der Waals surface area (Å²) >= 11 is 0. The van der Waals surface area contributed by atoms with Gasteiger partial charge in [-0.25, -0.2) is 9.78 Å². The fourth-order valence-electron chi connectivity index (χ4n) is 3.48. The number of benzene rings is 2. The molecular formula is C23H21N3O3. The molecule has 0 fully saturated rings. The van der Waals surface area contributed by atoms with Gasteiger partial charge in [-0.3, -0.25) is 4.98 Å². The van der Waals surface area contributed by atoms with Crippen LogP contribution in [-0.2, 0) is 17.8 Å². The molecule has 2 heterocycles. The van der Waals surface area contributed by atoms with Gasteiger partial charge in [0.2, 0.25) is 0 Å². The van der Waals surface area contributed by atoms with Gasteiger partial charge in [0.25, 0.3) is 0 Å². The molecule has 1 atom stereocenters. The Labute approximate surface area is 168 Å². The van der Waals surface area contributed by atoms with Crippen LogP contribution in [-0.4, -0.2) is 26.0 Å². The highest BCUT2D eigenvalue weighted by Crippen LogP contribution is 2.28. The predicted molar refractivity (Wildman–Crippen MR) is 110 cm³/mol. The Morgan fingerprint density at radius 2 is 1.97 bits per heavy atom. The lowest BCUT2D eigenvalue weighted by Crippen LogP contribution is -2.15. The van der Waals surface area contributed by atoms with E-state index in [9.17, 15) is 9.90 Å². The number of hydrogen-bond donors (Lipinski definition) is 2. The van der Waals surface area contributed by atoms with E-state index in [4.69, 9.17) is 9.72 Å². The molecule has 0 aliphatic carbocycles. The van der Waals surface area contributed by atoms with Crippen molar-refractivity contribution < 1.29 is 14.6 Å². The summed E-state index contributed by atoms with van der Waals surface area (Å²) in [6, 6.07) is 17.4. The Morgan fingerprint density at radius 1 is 1.10 bits per heavy atom. The number of nitrogens with one attached hydrogen (secondary N) is 1. The zero-order chi connectivity index (χ0) is 20.2. The SMILES string of the molecule is Cc1cccc(C(Cc2ccc3ccccc3n2)OCc2c[nH]cn2)c1C(=O)O. The number of carboxylic acid groups (broad SMARTS) is 1. The highest BCUT2D eigenvalue weighted by Gasteiger charge is 2.22. The lowest BCUT2D eigenvalue weighted by Gasteiger charge is -2.21. The molecule has 0 spiro atoms. The van der Waals surface area contributed by atoms with E-state index in [1.807, 2.05) is 48.5 Å². The van der Waals surface area contributed by atoms with Crippen molar-refractivity contribution in [3.63, 3.8) is 0 Å². The molecule has 4 rings (SSSR count). The van der Waals surface area contributed by atoms with Crippen LogP contribution in [0, 0.1) is 6.92 Å². The first-order valence-corrected chi connectivity index (χ1v) is 9.38. The third kappa shape index (κ3) is 4.17. The van der Waals surface area contributed by atoms with Gasteiger partial charge in [0.05, 0.1) is 35.8 Å². The van der Waals surface area contributed by atoms with E-state index >= 15 is 0 Å². The van der Waals surface area contributed by atoms with Crippen LogP contribution < -0.4 is 0 Å². The fraction of sp³-hybridized carbons (Fsp3) is 0.174. The smallest absolute Gasteiger partial charge is 0.336 e. The Hall–Kier alpha value is -3.51. The summed E-state index contributed by atoms with van der Waals surface area (Å²) in [7, 11) is 0. The summed E-state index contributed by atoms with van der Waals surface area (Å²) in [5, 5.41) is 10.8. The quantitative estimate of drug-likeness (QED) is 0.489. The molecule has 0 saturated heterocycles. The number of rotatable bonds is 7. The van der Waals surface area contributed by atoms with Crippen LogP contribution in [0.4, 0.5) is 0 Å². The van der Waals surface area contributed by atoms with E-state index in [-0.39, 0.29) is 12.2 Å². The van der Waals surface area contributed by atoms with Crippen molar-refractivity contribution in [1.29, 1.82) is 0 Å². The second-order valence-corrected chi connectivity index (χ2v) is 6.90. The van der Waals surface area contributed by atoms with Crippen molar-refractivity contribution in [2.75, 3.05) is 0 Å². The van der Waals surface area contributed by atoms with E-state index in [1.54, 1.807) is 25.5 Å². The maximum Gasteiger partial charge on any atom is 0.336 e. The van der Waals surface area contributed by atoms with Crippen LogP contribution in [0.2, 0.25) is 0 Å². The molecule has 2 aromatic carbocycles. The summed E-state index contributed by atoms with van der Waals surface area (Å²) in [6.45, 7) is 2.07. The van der Waals surface area contributed by atoms with Crippen molar-refractivity contribution in [1.82, 2.24) is 15.0 Å². The number of H-pyrrole nitrogens is 1. The third-order valence-corrected chi connectivity index (χ3v) is 4.90. The number of aryl methyl sites for hydroxylation is 1. The first kappa shape index (κ1) is 18.8. The van der Waals surface area contributed by atoms with E-state index in [0.29, 0.717) is 17.5 Å². The average molecular weight is 387 g/mol. The molecule has 0 aliphatic rings. The van der Waals surface area contributed by atoms with Crippen LogP contribution in [0.1, 0.15) is 39.0 Å². The average Bonchev–Trinajstić information content (AvgIpc) is 3.24. The molecule has 1 unspecified atom stereocenters. The highest BCUT2D eigenvalue weighted by molar-refractivity contribution is 5.91. The van der Waals surface area contributed by atoms with Gasteiger partial charge in [0.15, 0.2) is 0 Å². The Morgan fingerprint density at radius 3 is 2.76 bits per heavy atom. The number of fused-ring (bicyclic) bond motifs is 1. The van der Waals surface area contributed by atoms with Crippen LogP contribution in [0.5, 0.6) is 0 Å². The number of aromatic amines is 1. The molecule has 0 radical (unpaired) electrons. The lowest BCUT2D eigenvalue weighted by atomic mass is 9.95. The zero-order valence-corrected chi connectivity index (χ0v) is 16.0. The second-order valence-electron chi connectivity index (χ2n) is 6.90. The van der Waals surface area contributed by atoms with Gasteiger partial charge in [-0.2, -0.15) is 0 Å².